The zero-order chi connectivity index (χ0) is 12.6. The third-order valence-corrected chi connectivity index (χ3v) is 2.35. The summed E-state index contributed by atoms with van der Waals surface area (Å²) in [5.74, 6) is -0.809. The summed E-state index contributed by atoms with van der Waals surface area (Å²) in [6, 6.07) is 6.44. The zero-order valence-electron chi connectivity index (χ0n) is 9.32. The Kier molecular flexibility index (Phi) is 3.43. The zero-order valence-corrected chi connectivity index (χ0v) is 9.32. The van der Waals surface area contributed by atoms with Gasteiger partial charge in [-0.05, 0) is 17.2 Å². The lowest BCUT2D eigenvalue weighted by atomic mass is 10.1. The van der Waals surface area contributed by atoms with Crippen LogP contribution in [0, 0.1) is 20.2 Å². The first-order valence-corrected chi connectivity index (χ1v) is 4.54. The minimum absolute atomic E-state index is 0. The van der Waals surface area contributed by atoms with Crippen LogP contribution in [0.5, 0.6) is 5.75 Å². The molecule has 94 valence electrons. The van der Waals surface area contributed by atoms with Gasteiger partial charge >= 0.3 is 0 Å². The molecule has 8 heteroatoms. The first kappa shape index (κ1) is 13.3. The number of non-ortho nitro benzene ring substituents is 1. The smallest absolute Gasteiger partial charge is 0.284 e. The molecule has 0 bridgehead atoms. The van der Waals surface area contributed by atoms with E-state index in [-0.39, 0.29) is 16.9 Å². The Morgan fingerprint density at radius 2 is 1.39 bits per heavy atom. The number of quaternary nitrogens is 1. The summed E-state index contributed by atoms with van der Waals surface area (Å²) in [7, 11) is 0. The van der Waals surface area contributed by atoms with Gasteiger partial charge in [0.05, 0.1) is 21.3 Å². The molecule has 2 rings (SSSR count). The molecule has 0 radical (unpaired) electrons. The van der Waals surface area contributed by atoms with Crippen molar-refractivity contribution in [2.45, 2.75) is 0 Å². The fourth-order valence-corrected chi connectivity index (χ4v) is 1.60. The minimum atomic E-state index is -0.915. The fourth-order valence-electron chi connectivity index (χ4n) is 1.60. The highest BCUT2D eigenvalue weighted by molar-refractivity contribution is 5.98. The number of nitro benzene ring substituents is 2. The van der Waals surface area contributed by atoms with Gasteiger partial charge in [0.15, 0.2) is 0 Å². The van der Waals surface area contributed by atoms with Crippen LogP contribution >= 0.6 is 0 Å². The van der Waals surface area contributed by atoms with Crippen molar-refractivity contribution < 1.29 is 15.0 Å². The van der Waals surface area contributed by atoms with Gasteiger partial charge in [0, 0.05) is 0 Å². The van der Waals surface area contributed by atoms with Crippen LogP contribution in [0.1, 0.15) is 0 Å². The lowest BCUT2D eigenvalue weighted by molar-refractivity contribution is -0.402. The van der Waals surface area contributed by atoms with Crippen molar-refractivity contribution in [3.63, 3.8) is 0 Å². The van der Waals surface area contributed by atoms with Crippen molar-refractivity contribution in [2.75, 3.05) is 0 Å². The van der Waals surface area contributed by atoms with Crippen LogP contribution in [0.4, 0.5) is 11.4 Å². The molecule has 0 saturated heterocycles. The monoisotopic (exact) mass is 251 g/mol. The lowest BCUT2D eigenvalue weighted by Gasteiger charge is -2.10. The standard InChI is InChI=1S/C10H6N2O5.H3N/c13-10-7-4-2-1-3-6(7)8(11(14)15)5-9(10)12(16)17;/h1-5,13H;1H3. The largest absolute Gasteiger partial charge is 0.867 e. The van der Waals surface area contributed by atoms with Crippen molar-refractivity contribution in [3.8, 4) is 5.75 Å². The van der Waals surface area contributed by atoms with E-state index in [0.29, 0.717) is 6.07 Å². The summed E-state index contributed by atoms with van der Waals surface area (Å²) in [6.45, 7) is 0. The second-order valence-corrected chi connectivity index (χ2v) is 3.30. The molecule has 0 heterocycles. The predicted molar refractivity (Wildman–Crippen MR) is 62.7 cm³/mol. The Hall–Kier alpha value is -2.74. The van der Waals surface area contributed by atoms with Crippen LogP contribution in [-0.2, 0) is 0 Å². The molecule has 8 nitrogen and oxygen atoms in total. The fraction of sp³-hybridized carbons (Fsp3) is 0. The predicted octanol–water partition coefficient (Wildman–Crippen LogP) is 2.11. The molecule has 2 aromatic rings. The average Bonchev–Trinajstić information content (AvgIpc) is 2.29. The van der Waals surface area contributed by atoms with Gasteiger partial charge in [-0.15, -0.1) is 0 Å². The first-order chi connectivity index (χ1) is 8.02. The van der Waals surface area contributed by atoms with Crippen molar-refractivity contribution in [3.05, 3.63) is 50.6 Å². The van der Waals surface area contributed by atoms with E-state index in [1.54, 1.807) is 0 Å². The van der Waals surface area contributed by atoms with Crippen LogP contribution in [0.15, 0.2) is 30.3 Å². The van der Waals surface area contributed by atoms with Crippen LogP contribution in [0.25, 0.3) is 10.8 Å². The molecule has 0 aliphatic carbocycles. The van der Waals surface area contributed by atoms with Crippen molar-refractivity contribution in [1.82, 2.24) is 6.15 Å². The van der Waals surface area contributed by atoms with E-state index in [2.05, 4.69) is 0 Å². The van der Waals surface area contributed by atoms with E-state index in [0.717, 1.165) is 0 Å². The molecule has 2 aromatic carbocycles. The van der Waals surface area contributed by atoms with Crippen molar-refractivity contribution >= 4 is 22.1 Å². The number of benzene rings is 2. The SMILES string of the molecule is O=[N+]([O-])c1cc([N+](=O)[O-])c2ccccc2c1[O-].[NH4+]. The molecule has 0 fully saturated rings. The van der Waals surface area contributed by atoms with Gasteiger partial charge in [-0.2, -0.15) is 0 Å². The summed E-state index contributed by atoms with van der Waals surface area (Å²) in [5.41, 5.74) is -1.22. The third-order valence-electron chi connectivity index (χ3n) is 2.35. The van der Waals surface area contributed by atoms with Gasteiger partial charge in [0.1, 0.15) is 0 Å². The van der Waals surface area contributed by atoms with Gasteiger partial charge in [-0.1, -0.05) is 18.2 Å². The molecular formula is C10H9N3O5. The highest BCUT2D eigenvalue weighted by Gasteiger charge is 2.20. The normalized spacial score (nSPS) is 9.78. The first-order valence-electron chi connectivity index (χ1n) is 4.54. The Labute approximate surface area is 100 Å². The Balaban J connectivity index is 0.00000162. The summed E-state index contributed by atoms with van der Waals surface area (Å²) in [6.07, 6.45) is 0. The second-order valence-electron chi connectivity index (χ2n) is 3.30. The highest BCUT2D eigenvalue weighted by atomic mass is 16.6. The van der Waals surface area contributed by atoms with Gasteiger partial charge in [0.2, 0.25) is 0 Å². The van der Waals surface area contributed by atoms with E-state index >= 15 is 0 Å². The number of hydrogen-bond acceptors (Lipinski definition) is 5. The van der Waals surface area contributed by atoms with Crippen LogP contribution in [0.3, 0.4) is 0 Å². The van der Waals surface area contributed by atoms with Crippen molar-refractivity contribution in [2.24, 2.45) is 0 Å². The van der Waals surface area contributed by atoms with Gasteiger partial charge in [-0.3, -0.25) is 20.2 Å². The highest BCUT2D eigenvalue weighted by Crippen LogP contribution is 2.38. The van der Waals surface area contributed by atoms with E-state index in [1.165, 1.54) is 24.3 Å². The summed E-state index contributed by atoms with van der Waals surface area (Å²) in [4.78, 5) is 19.7. The molecule has 0 atom stereocenters. The van der Waals surface area contributed by atoms with E-state index in [4.69, 9.17) is 0 Å². The number of fused-ring (bicyclic) bond motifs is 1. The van der Waals surface area contributed by atoms with Crippen molar-refractivity contribution in [1.29, 1.82) is 0 Å². The number of nitrogens with zero attached hydrogens (tertiary/aromatic N) is 2. The number of nitro groups is 2. The van der Waals surface area contributed by atoms with E-state index < -0.39 is 27.0 Å². The second kappa shape index (κ2) is 4.63. The van der Waals surface area contributed by atoms with E-state index in [9.17, 15) is 25.3 Å². The molecule has 0 unspecified atom stereocenters. The molecule has 0 aromatic heterocycles. The quantitative estimate of drug-likeness (QED) is 0.641. The summed E-state index contributed by atoms with van der Waals surface area (Å²) >= 11 is 0. The van der Waals surface area contributed by atoms with Crippen LogP contribution in [-0.4, -0.2) is 9.85 Å². The van der Waals surface area contributed by atoms with Gasteiger partial charge in [0.25, 0.3) is 11.4 Å². The Morgan fingerprint density at radius 1 is 0.889 bits per heavy atom. The molecule has 0 aliphatic heterocycles. The van der Waals surface area contributed by atoms with E-state index in [1.807, 2.05) is 0 Å². The maximum atomic E-state index is 11.7. The maximum absolute atomic E-state index is 11.7. The topological polar surface area (TPSA) is 146 Å². The third kappa shape index (κ3) is 1.92. The van der Waals surface area contributed by atoms with Gasteiger partial charge < -0.3 is 11.3 Å². The Bertz CT molecular complexity index is 641. The molecular weight excluding hydrogens is 242 g/mol. The molecule has 0 amide bonds. The summed E-state index contributed by atoms with van der Waals surface area (Å²) in [5, 5.41) is 33.2. The van der Waals surface area contributed by atoms with Gasteiger partial charge in [-0.25, -0.2) is 0 Å². The molecule has 18 heavy (non-hydrogen) atoms. The number of rotatable bonds is 2. The minimum Gasteiger partial charge on any atom is -0.867 e. The van der Waals surface area contributed by atoms with Crippen LogP contribution in [0.2, 0.25) is 0 Å². The average molecular weight is 251 g/mol. The lowest BCUT2D eigenvalue weighted by Crippen LogP contribution is -2.01. The molecule has 0 saturated carbocycles. The maximum Gasteiger partial charge on any atom is 0.284 e. The Morgan fingerprint density at radius 3 is 1.89 bits per heavy atom. The van der Waals surface area contributed by atoms with Crippen LogP contribution < -0.4 is 11.3 Å². The number of hydrogen-bond donors (Lipinski definition) is 1. The molecule has 4 N–H and O–H groups in total. The summed E-state index contributed by atoms with van der Waals surface area (Å²) < 4.78 is 0. The molecule has 0 spiro atoms. The molecule has 0 aliphatic rings.